The van der Waals surface area contributed by atoms with Crippen LogP contribution in [0.4, 0.5) is 18.9 Å². The number of nitrogens with one attached hydrogen (secondary N) is 2. The standard InChI is InChI=1S/C21H13Cl2F3N10O2/c22-11-2-1-3-28-19(11)36-13(5-10(33-36)7-35-8-14(31-34-35)21(24,25)26)20(38)30-17-12(23)4-9-6-29-32-16(9)15(17)18(27)37/h1-6,8H,7H2,(H2,27,37)(H,29,32)(H,30,38). The molecule has 5 rings (SSSR count). The van der Waals surface area contributed by atoms with Gasteiger partial charge in [0.05, 0.1) is 51.4 Å². The molecule has 0 aliphatic carbocycles. The fourth-order valence-corrected chi connectivity index (χ4v) is 4.10. The number of carbonyl (C=O) groups excluding carboxylic acids is 2. The van der Waals surface area contributed by atoms with Crippen molar-refractivity contribution in [2.45, 2.75) is 12.7 Å². The molecule has 0 spiro atoms. The Hall–Kier alpha value is -4.50. The van der Waals surface area contributed by atoms with E-state index in [0.29, 0.717) is 11.6 Å². The van der Waals surface area contributed by atoms with Crippen molar-refractivity contribution < 1.29 is 22.8 Å². The van der Waals surface area contributed by atoms with E-state index in [2.05, 4.69) is 35.9 Å². The van der Waals surface area contributed by atoms with Crippen LogP contribution in [0.5, 0.6) is 0 Å². The number of amides is 2. The molecule has 0 saturated carbocycles. The second-order valence-corrected chi connectivity index (χ2v) is 8.62. The van der Waals surface area contributed by atoms with Crippen LogP contribution in [-0.2, 0) is 12.7 Å². The van der Waals surface area contributed by atoms with Crippen LogP contribution < -0.4 is 11.1 Å². The summed E-state index contributed by atoms with van der Waals surface area (Å²) in [4.78, 5) is 29.8. The molecule has 0 bridgehead atoms. The second-order valence-electron chi connectivity index (χ2n) is 7.80. The number of hydrogen-bond donors (Lipinski definition) is 3. The lowest BCUT2D eigenvalue weighted by molar-refractivity contribution is -0.141. The molecule has 4 aromatic heterocycles. The Morgan fingerprint density at radius 1 is 1.18 bits per heavy atom. The second kappa shape index (κ2) is 9.42. The number of hydrogen-bond acceptors (Lipinski definition) is 7. The minimum absolute atomic E-state index is 0.00510. The van der Waals surface area contributed by atoms with Crippen molar-refractivity contribution in [1.82, 2.24) is 40.0 Å². The van der Waals surface area contributed by atoms with E-state index in [9.17, 15) is 22.8 Å². The van der Waals surface area contributed by atoms with E-state index in [0.717, 1.165) is 9.36 Å². The van der Waals surface area contributed by atoms with Gasteiger partial charge in [-0.15, -0.1) is 5.10 Å². The van der Waals surface area contributed by atoms with Crippen molar-refractivity contribution in [3.05, 3.63) is 75.5 Å². The van der Waals surface area contributed by atoms with Crippen LogP contribution >= 0.6 is 23.2 Å². The normalized spacial score (nSPS) is 11.7. The largest absolute Gasteiger partial charge is 0.436 e. The van der Waals surface area contributed by atoms with Gasteiger partial charge in [-0.25, -0.2) is 14.3 Å². The molecule has 0 unspecified atom stereocenters. The van der Waals surface area contributed by atoms with Gasteiger partial charge in [-0.1, -0.05) is 28.4 Å². The van der Waals surface area contributed by atoms with Crippen molar-refractivity contribution in [3.63, 3.8) is 0 Å². The van der Waals surface area contributed by atoms with Gasteiger partial charge in [0.15, 0.2) is 11.5 Å². The predicted molar refractivity (Wildman–Crippen MR) is 128 cm³/mol. The number of fused-ring (bicyclic) bond motifs is 1. The molecule has 1 aromatic carbocycles. The number of benzene rings is 1. The van der Waals surface area contributed by atoms with Gasteiger partial charge in [0.25, 0.3) is 11.8 Å². The van der Waals surface area contributed by atoms with E-state index in [1.54, 1.807) is 6.07 Å². The average molecular weight is 565 g/mol. The van der Waals surface area contributed by atoms with E-state index in [-0.39, 0.29) is 50.6 Å². The van der Waals surface area contributed by atoms with Crippen LogP contribution in [0.1, 0.15) is 32.2 Å². The minimum atomic E-state index is -4.68. The number of nitrogens with zero attached hydrogens (tertiary/aromatic N) is 7. The predicted octanol–water partition coefficient (Wildman–Crippen LogP) is 3.46. The molecular formula is C21H13Cl2F3N10O2. The molecule has 0 fully saturated rings. The third-order valence-corrected chi connectivity index (χ3v) is 5.85. The first-order chi connectivity index (χ1) is 18.0. The first kappa shape index (κ1) is 25.2. The van der Waals surface area contributed by atoms with Gasteiger partial charge in [-0.2, -0.15) is 23.4 Å². The molecule has 38 heavy (non-hydrogen) atoms. The summed E-state index contributed by atoms with van der Waals surface area (Å²) in [7, 11) is 0. The Kier molecular flexibility index (Phi) is 6.24. The molecule has 0 saturated heterocycles. The molecule has 4 N–H and O–H groups in total. The van der Waals surface area contributed by atoms with Crippen LogP contribution in [0, 0.1) is 0 Å². The molecule has 194 valence electrons. The number of aromatic amines is 1. The van der Waals surface area contributed by atoms with Crippen molar-refractivity contribution in [3.8, 4) is 5.82 Å². The Labute approximate surface area is 219 Å². The quantitative estimate of drug-likeness (QED) is 0.284. The monoisotopic (exact) mass is 564 g/mol. The molecule has 0 aliphatic heterocycles. The maximum Gasteiger partial charge on any atom is 0.436 e. The van der Waals surface area contributed by atoms with Crippen molar-refractivity contribution >= 4 is 51.6 Å². The summed E-state index contributed by atoms with van der Waals surface area (Å²) in [6.45, 7) is -0.270. The number of nitrogens with two attached hydrogens (primary N) is 1. The lowest BCUT2D eigenvalue weighted by Gasteiger charge is -2.13. The molecule has 0 aliphatic rings. The Bertz CT molecular complexity index is 1710. The lowest BCUT2D eigenvalue weighted by Crippen LogP contribution is -2.21. The fourth-order valence-electron chi connectivity index (χ4n) is 3.64. The zero-order chi connectivity index (χ0) is 27.2. The van der Waals surface area contributed by atoms with Crippen LogP contribution in [0.25, 0.3) is 16.7 Å². The van der Waals surface area contributed by atoms with E-state index in [1.165, 1.54) is 30.6 Å². The summed E-state index contributed by atoms with van der Waals surface area (Å²) < 4.78 is 40.8. The number of rotatable bonds is 6. The van der Waals surface area contributed by atoms with Gasteiger partial charge in [-0.3, -0.25) is 14.7 Å². The van der Waals surface area contributed by atoms with E-state index < -0.39 is 23.7 Å². The van der Waals surface area contributed by atoms with Gasteiger partial charge >= 0.3 is 6.18 Å². The number of H-pyrrole nitrogens is 1. The number of carbonyl (C=O) groups is 2. The molecular weight excluding hydrogens is 552 g/mol. The van der Waals surface area contributed by atoms with Crippen LogP contribution in [0.3, 0.4) is 0 Å². The zero-order valence-electron chi connectivity index (χ0n) is 18.7. The number of primary amides is 1. The molecule has 0 atom stereocenters. The molecule has 12 nitrogen and oxygen atoms in total. The summed E-state index contributed by atoms with van der Waals surface area (Å²) in [6.07, 6.45) is -1.15. The van der Waals surface area contributed by atoms with Gasteiger partial charge in [0.2, 0.25) is 0 Å². The SMILES string of the molecule is NC(=O)c1c(NC(=O)c2cc(Cn3cc(C(F)(F)F)nn3)nn2-c2ncccc2Cl)c(Cl)cc2cn[nH]c12. The maximum atomic E-state index is 13.5. The van der Waals surface area contributed by atoms with Crippen LogP contribution in [-0.4, -0.2) is 51.8 Å². The molecule has 0 radical (unpaired) electrons. The third kappa shape index (κ3) is 4.64. The molecule has 17 heteroatoms. The Morgan fingerprint density at radius 3 is 2.66 bits per heavy atom. The van der Waals surface area contributed by atoms with Gasteiger partial charge in [0.1, 0.15) is 5.69 Å². The summed E-state index contributed by atoms with van der Waals surface area (Å²) in [5.41, 5.74) is 4.41. The van der Waals surface area contributed by atoms with Gasteiger partial charge in [-0.05, 0) is 24.3 Å². The number of pyridine rings is 1. The summed E-state index contributed by atoms with van der Waals surface area (Å²) >= 11 is 12.6. The van der Waals surface area contributed by atoms with E-state index >= 15 is 0 Å². The smallest absolute Gasteiger partial charge is 0.365 e. The van der Waals surface area contributed by atoms with Crippen molar-refractivity contribution in [2.75, 3.05) is 5.32 Å². The van der Waals surface area contributed by atoms with Crippen LogP contribution in [0.2, 0.25) is 10.0 Å². The number of aromatic nitrogens is 8. The highest BCUT2D eigenvalue weighted by atomic mass is 35.5. The van der Waals surface area contributed by atoms with E-state index in [4.69, 9.17) is 28.9 Å². The Balaban J connectivity index is 1.56. The number of alkyl halides is 3. The number of halogens is 5. The first-order valence-electron chi connectivity index (χ1n) is 10.5. The van der Waals surface area contributed by atoms with Gasteiger partial charge < -0.3 is 11.1 Å². The first-order valence-corrected chi connectivity index (χ1v) is 11.2. The summed E-state index contributed by atoms with van der Waals surface area (Å²) in [5.74, 6) is -1.63. The molecule has 5 aromatic rings. The van der Waals surface area contributed by atoms with Crippen molar-refractivity contribution in [2.24, 2.45) is 5.73 Å². The van der Waals surface area contributed by atoms with Gasteiger partial charge in [0, 0.05) is 11.6 Å². The zero-order valence-corrected chi connectivity index (χ0v) is 20.2. The Morgan fingerprint density at radius 2 is 1.97 bits per heavy atom. The summed E-state index contributed by atoms with van der Waals surface area (Å²) in [6, 6.07) is 5.84. The summed E-state index contributed by atoms with van der Waals surface area (Å²) in [5, 5.41) is 20.5. The lowest BCUT2D eigenvalue weighted by atomic mass is 10.1. The molecule has 4 heterocycles. The molecule has 2 amide bonds. The highest BCUT2D eigenvalue weighted by molar-refractivity contribution is 6.36. The minimum Gasteiger partial charge on any atom is -0.365 e. The maximum absolute atomic E-state index is 13.5. The van der Waals surface area contributed by atoms with Crippen molar-refractivity contribution in [1.29, 1.82) is 0 Å². The average Bonchev–Trinajstić information content (AvgIpc) is 3.59. The number of anilines is 1. The highest BCUT2D eigenvalue weighted by Gasteiger charge is 2.34. The van der Waals surface area contributed by atoms with E-state index in [1.807, 2.05) is 0 Å². The van der Waals surface area contributed by atoms with Crippen LogP contribution in [0.15, 0.2) is 42.9 Å². The fraction of sp³-hybridized carbons (Fsp3) is 0.0952. The highest BCUT2D eigenvalue weighted by Crippen LogP contribution is 2.33. The third-order valence-electron chi connectivity index (χ3n) is 5.26. The topological polar surface area (TPSA) is 162 Å².